The van der Waals surface area contributed by atoms with Crippen molar-refractivity contribution in [2.75, 3.05) is 13.2 Å². The first-order chi connectivity index (χ1) is 23.7. The van der Waals surface area contributed by atoms with Crippen LogP contribution in [0, 0.1) is 46.3 Å². The first kappa shape index (κ1) is 36.2. The maximum absolute atomic E-state index is 11.1. The van der Waals surface area contributed by atoms with E-state index in [4.69, 9.17) is 28.4 Å². The summed E-state index contributed by atoms with van der Waals surface area (Å²) in [4.78, 5) is 0. The fourth-order valence-electron chi connectivity index (χ4n) is 12.4. The van der Waals surface area contributed by atoms with Crippen molar-refractivity contribution in [3.8, 4) is 0 Å². The van der Waals surface area contributed by atoms with Crippen LogP contribution in [-0.2, 0) is 28.4 Å². The maximum Gasteiger partial charge on any atom is 0.187 e. The lowest BCUT2D eigenvalue weighted by molar-refractivity contribution is -0.362. The zero-order valence-electron chi connectivity index (χ0n) is 30.2. The number of fused-ring (bicyclic) bond motifs is 7. The lowest BCUT2D eigenvalue weighted by atomic mass is 9.46. The first-order valence-electron chi connectivity index (χ1n) is 19.4. The number of hydrogen-bond donors (Lipinski definition) is 6. The molecule has 1 spiro atoms. The fourth-order valence-corrected chi connectivity index (χ4v) is 12.4. The molecule has 0 aromatic rings. The quantitative estimate of drug-likeness (QED) is 0.235. The largest absolute Gasteiger partial charge is 0.393 e. The van der Waals surface area contributed by atoms with Crippen LogP contribution in [0.25, 0.3) is 0 Å². The van der Waals surface area contributed by atoms with Crippen molar-refractivity contribution >= 4 is 0 Å². The highest BCUT2D eigenvalue weighted by Crippen LogP contribution is 2.71. The van der Waals surface area contributed by atoms with Crippen LogP contribution in [0.5, 0.6) is 0 Å². The summed E-state index contributed by atoms with van der Waals surface area (Å²) >= 11 is 0. The zero-order chi connectivity index (χ0) is 35.5. The van der Waals surface area contributed by atoms with Crippen molar-refractivity contribution in [3.05, 3.63) is 11.6 Å². The monoisotopic (exact) mass is 708 g/mol. The van der Waals surface area contributed by atoms with Crippen LogP contribution in [-0.4, -0.2) is 123 Å². The molecule has 4 saturated heterocycles. The number of aliphatic hydroxyl groups excluding tert-OH is 6. The van der Waals surface area contributed by atoms with Crippen molar-refractivity contribution in [1.29, 1.82) is 0 Å². The number of aliphatic hydroxyl groups is 6. The third kappa shape index (κ3) is 5.45. The minimum atomic E-state index is -1.60. The summed E-state index contributed by atoms with van der Waals surface area (Å²) in [6.45, 7) is 11.5. The average Bonchev–Trinajstić information content (AvgIpc) is 3.53. The van der Waals surface area contributed by atoms with E-state index in [0.717, 1.165) is 45.1 Å². The van der Waals surface area contributed by atoms with Gasteiger partial charge in [0.2, 0.25) is 0 Å². The van der Waals surface area contributed by atoms with Gasteiger partial charge in [-0.2, -0.15) is 0 Å². The Hall–Kier alpha value is -0.740. The van der Waals surface area contributed by atoms with Crippen LogP contribution in [0.2, 0.25) is 0 Å². The maximum atomic E-state index is 11.1. The second kappa shape index (κ2) is 12.9. The number of hydrogen-bond acceptors (Lipinski definition) is 12. The molecule has 7 fully saturated rings. The molecule has 3 saturated carbocycles. The molecule has 284 valence electrons. The van der Waals surface area contributed by atoms with Crippen LogP contribution >= 0.6 is 0 Å². The molecule has 0 aromatic carbocycles. The average molecular weight is 709 g/mol. The summed E-state index contributed by atoms with van der Waals surface area (Å²) < 4.78 is 38.0. The second-order valence-electron chi connectivity index (χ2n) is 17.9. The second-order valence-corrected chi connectivity index (χ2v) is 17.9. The van der Waals surface area contributed by atoms with Crippen molar-refractivity contribution in [2.24, 2.45) is 46.3 Å². The molecule has 0 radical (unpaired) electrons. The smallest absolute Gasteiger partial charge is 0.187 e. The normalized spacial score (nSPS) is 59.3. The van der Waals surface area contributed by atoms with Gasteiger partial charge in [0.25, 0.3) is 0 Å². The van der Waals surface area contributed by atoms with Gasteiger partial charge in [-0.05, 0) is 80.5 Å². The van der Waals surface area contributed by atoms with E-state index in [9.17, 15) is 30.6 Å². The lowest BCUT2D eigenvalue weighted by Crippen LogP contribution is -2.63. The Morgan fingerprint density at radius 3 is 2.34 bits per heavy atom. The van der Waals surface area contributed by atoms with Gasteiger partial charge in [0, 0.05) is 24.2 Å². The predicted octanol–water partition coefficient (Wildman–Crippen LogP) is 2.00. The first-order valence-corrected chi connectivity index (χ1v) is 19.4. The van der Waals surface area contributed by atoms with Gasteiger partial charge in [-0.3, -0.25) is 0 Å². The predicted molar refractivity (Wildman–Crippen MR) is 177 cm³/mol. The third-order valence-electron chi connectivity index (χ3n) is 15.2. The molecule has 0 bridgehead atoms. The molecule has 4 aliphatic heterocycles. The van der Waals surface area contributed by atoms with Crippen molar-refractivity contribution in [2.45, 2.75) is 165 Å². The molecule has 0 amide bonds. The Labute approximate surface area is 295 Å². The molecule has 0 aromatic heterocycles. The highest BCUT2D eigenvalue weighted by Gasteiger charge is 2.69. The molecule has 8 rings (SSSR count). The minimum Gasteiger partial charge on any atom is -0.393 e. The Bertz CT molecular complexity index is 1290. The van der Waals surface area contributed by atoms with Gasteiger partial charge in [0.15, 0.2) is 18.4 Å². The molecule has 4 heterocycles. The molecule has 6 N–H and O–H groups in total. The van der Waals surface area contributed by atoms with Gasteiger partial charge in [-0.1, -0.05) is 39.3 Å². The van der Waals surface area contributed by atoms with Crippen LogP contribution in [0.15, 0.2) is 11.6 Å². The minimum absolute atomic E-state index is 0.134. The number of ether oxygens (including phenoxy) is 6. The van der Waals surface area contributed by atoms with Crippen LogP contribution in [0.4, 0.5) is 0 Å². The van der Waals surface area contributed by atoms with Gasteiger partial charge in [0.1, 0.15) is 36.6 Å². The van der Waals surface area contributed by atoms with Gasteiger partial charge in [-0.15, -0.1) is 0 Å². The highest BCUT2D eigenvalue weighted by molar-refractivity contribution is 5.28. The van der Waals surface area contributed by atoms with Crippen molar-refractivity contribution in [1.82, 2.24) is 0 Å². The van der Waals surface area contributed by atoms with Gasteiger partial charge in [0.05, 0.1) is 37.6 Å². The van der Waals surface area contributed by atoms with Gasteiger partial charge in [-0.25, -0.2) is 0 Å². The van der Waals surface area contributed by atoms with Crippen LogP contribution in [0.1, 0.15) is 86.0 Å². The van der Waals surface area contributed by atoms with E-state index < -0.39 is 78.7 Å². The highest BCUT2D eigenvalue weighted by atomic mass is 16.8. The topological polar surface area (TPSA) is 177 Å². The molecule has 0 unspecified atom stereocenters. The number of rotatable bonds is 4. The Morgan fingerprint density at radius 1 is 0.820 bits per heavy atom. The van der Waals surface area contributed by atoms with Crippen LogP contribution in [0.3, 0.4) is 0 Å². The Balaban J connectivity index is 1.04. The van der Waals surface area contributed by atoms with E-state index in [1.54, 1.807) is 6.92 Å². The fraction of sp³-hybridized carbons (Fsp3) is 0.947. The van der Waals surface area contributed by atoms with E-state index in [-0.39, 0.29) is 18.1 Å². The molecular formula is C38H60O12. The van der Waals surface area contributed by atoms with E-state index in [0.29, 0.717) is 48.3 Å². The molecule has 21 atom stereocenters. The molecule has 12 heteroatoms. The molecule has 8 aliphatic rings. The Kier molecular flexibility index (Phi) is 9.38. The SMILES string of the molecule is C[C@H]1CC[C@@]2(OC1)O[C@@H]1C[C@@H]3[C@@H]4CC=C5C[C@@H](O)C[C@@H](O[C@H]6OC[C@@H](O)[C@H](O)[C@@H]6O[C@@H]6O[C@H](C)[C@H](O)[C@@H](O)[C@H]6O)[C@]5(C)[C@@H]4CC[C@]3(C)[C@H]1[C@@H]2C. The molecule has 4 aliphatic carbocycles. The van der Waals surface area contributed by atoms with Crippen molar-refractivity contribution in [3.63, 3.8) is 0 Å². The standard InChI is InChI=1S/C38H60O12/c1-17-8-11-38(46-15-17)18(2)28-26(50-38)14-24-22-7-6-20-12-21(39)13-27(37(20,5)23(22)9-10-36(24,28)4)48-35-33(30(42)25(40)16-45-35)49-34-32(44)31(43)29(41)19(3)47-34/h6,17-19,21-35,39-44H,7-16H2,1-5H3/t17-,18-,19+,21+,22+,23+,24+,25+,26+,27+,28-,29-,30-,31+,32+,33-,34-,35+,36-,37-,38+/m0/s1. The summed E-state index contributed by atoms with van der Waals surface area (Å²) in [6, 6.07) is 0. The summed E-state index contributed by atoms with van der Waals surface area (Å²) in [6.07, 6.45) is -3.26. The molecule has 50 heavy (non-hydrogen) atoms. The summed E-state index contributed by atoms with van der Waals surface area (Å²) in [5.74, 6) is 2.08. The van der Waals surface area contributed by atoms with Gasteiger partial charge >= 0.3 is 0 Å². The van der Waals surface area contributed by atoms with E-state index in [2.05, 4.69) is 33.8 Å². The Morgan fingerprint density at radius 2 is 1.60 bits per heavy atom. The van der Waals surface area contributed by atoms with Crippen molar-refractivity contribution < 1.29 is 59.1 Å². The van der Waals surface area contributed by atoms with E-state index in [1.807, 2.05) is 0 Å². The van der Waals surface area contributed by atoms with Gasteiger partial charge < -0.3 is 59.1 Å². The zero-order valence-corrected chi connectivity index (χ0v) is 30.2. The number of allylic oxidation sites excluding steroid dienone is 1. The summed E-state index contributed by atoms with van der Waals surface area (Å²) in [5.41, 5.74) is 0.917. The third-order valence-corrected chi connectivity index (χ3v) is 15.2. The summed E-state index contributed by atoms with van der Waals surface area (Å²) in [5, 5.41) is 64.1. The van der Waals surface area contributed by atoms with E-state index in [1.165, 1.54) is 5.57 Å². The molecule has 12 nitrogen and oxygen atoms in total. The lowest BCUT2D eigenvalue weighted by Gasteiger charge is -2.60. The van der Waals surface area contributed by atoms with Crippen LogP contribution < -0.4 is 0 Å². The molecular weight excluding hydrogens is 648 g/mol. The summed E-state index contributed by atoms with van der Waals surface area (Å²) in [7, 11) is 0. The van der Waals surface area contributed by atoms with E-state index >= 15 is 0 Å².